The molecular weight excluding hydrogens is 260 g/mol. The maximum atomic E-state index is 4.73. The van der Waals surface area contributed by atoms with Crippen LogP contribution in [0.3, 0.4) is 0 Å². The molecule has 0 bridgehead atoms. The second-order valence-electron chi connectivity index (χ2n) is 7.01. The van der Waals surface area contributed by atoms with E-state index in [-0.39, 0.29) is 0 Å². The number of hydrogen-bond donors (Lipinski definition) is 1. The summed E-state index contributed by atoms with van der Waals surface area (Å²) in [4.78, 5) is 11.6. The Morgan fingerprint density at radius 3 is 2.05 bits per heavy atom. The normalized spacial score (nSPS) is 11.7. The largest absolute Gasteiger partial charge is 0.340 e. The van der Waals surface area contributed by atoms with Crippen molar-refractivity contribution in [1.82, 2.24) is 15.3 Å². The Morgan fingerprint density at radius 2 is 1.62 bits per heavy atom. The summed E-state index contributed by atoms with van der Waals surface area (Å²) in [5, 5.41) is 3.42. The van der Waals surface area contributed by atoms with Crippen LogP contribution in [0.4, 0.5) is 5.95 Å². The van der Waals surface area contributed by atoms with Crippen LogP contribution in [0.15, 0.2) is 6.20 Å². The van der Waals surface area contributed by atoms with E-state index in [2.05, 4.69) is 63.7 Å². The van der Waals surface area contributed by atoms with Crippen molar-refractivity contribution in [2.75, 3.05) is 18.0 Å². The first kappa shape index (κ1) is 17.9. The zero-order valence-electron chi connectivity index (χ0n) is 14.8. The molecule has 0 unspecified atom stereocenters. The van der Waals surface area contributed by atoms with E-state index >= 15 is 0 Å². The molecule has 1 heterocycles. The predicted molar refractivity (Wildman–Crippen MR) is 90.6 cm³/mol. The lowest BCUT2D eigenvalue weighted by atomic mass is 10.1. The minimum absolute atomic E-state index is 0.474. The number of nitrogens with zero attached hydrogens (tertiary/aromatic N) is 3. The number of rotatable bonds is 8. The molecule has 21 heavy (non-hydrogen) atoms. The van der Waals surface area contributed by atoms with Crippen LogP contribution in [0, 0.1) is 18.8 Å². The van der Waals surface area contributed by atoms with Gasteiger partial charge in [-0.15, -0.1) is 0 Å². The van der Waals surface area contributed by atoms with Gasteiger partial charge in [0, 0.05) is 43.1 Å². The molecule has 4 nitrogen and oxygen atoms in total. The molecule has 0 saturated heterocycles. The lowest BCUT2D eigenvalue weighted by Crippen LogP contribution is -2.33. The van der Waals surface area contributed by atoms with Gasteiger partial charge >= 0.3 is 0 Å². The molecule has 1 aromatic heterocycles. The molecule has 0 radical (unpaired) electrons. The summed E-state index contributed by atoms with van der Waals surface area (Å²) < 4.78 is 0. The Morgan fingerprint density at radius 1 is 1.05 bits per heavy atom. The third-order valence-electron chi connectivity index (χ3n) is 3.22. The van der Waals surface area contributed by atoms with Crippen molar-refractivity contribution in [3.63, 3.8) is 0 Å². The Balaban J connectivity index is 2.86. The Bertz CT molecular complexity index is 417. The molecule has 0 aliphatic rings. The van der Waals surface area contributed by atoms with Gasteiger partial charge in [-0.1, -0.05) is 41.5 Å². The highest BCUT2D eigenvalue weighted by atomic mass is 15.2. The van der Waals surface area contributed by atoms with Crippen LogP contribution >= 0.6 is 0 Å². The third kappa shape index (κ3) is 6.42. The van der Waals surface area contributed by atoms with E-state index in [1.807, 2.05) is 6.20 Å². The smallest absolute Gasteiger partial charge is 0.225 e. The van der Waals surface area contributed by atoms with Gasteiger partial charge in [-0.05, 0) is 18.8 Å². The lowest BCUT2D eigenvalue weighted by molar-refractivity contribution is 0.542. The molecule has 1 N–H and O–H groups in total. The van der Waals surface area contributed by atoms with Gasteiger partial charge in [-0.2, -0.15) is 0 Å². The number of nitrogens with one attached hydrogen (secondary N) is 1. The fourth-order valence-electron chi connectivity index (χ4n) is 2.24. The molecular formula is C17H32N4. The minimum atomic E-state index is 0.474. The highest BCUT2D eigenvalue weighted by molar-refractivity contribution is 5.33. The van der Waals surface area contributed by atoms with Gasteiger partial charge in [0.25, 0.3) is 0 Å². The van der Waals surface area contributed by atoms with Gasteiger partial charge in [0.15, 0.2) is 0 Å². The molecule has 1 aromatic rings. The number of anilines is 1. The van der Waals surface area contributed by atoms with E-state index in [1.54, 1.807) is 0 Å². The third-order valence-corrected chi connectivity index (χ3v) is 3.22. The molecule has 4 heteroatoms. The fourth-order valence-corrected chi connectivity index (χ4v) is 2.24. The second kappa shape index (κ2) is 8.32. The summed E-state index contributed by atoms with van der Waals surface area (Å²) >= 11 is 0. The topological polar surface area (TPSA) is 41.1 Å². The van der Waals surface area contributed by atoms with E-state index < -0.39 is 0 Å². The summed E-state index contributed by atoms with van der Waals surface area (Å²) in [6, 6.07) is 0.474. The van der Waals surface area contributed by atoms with Gasteiger partial charge in [0.2, 0.25) is 5.95 Å². The molecule has 0 aliphatic heterocycles. The van der Waals surface area contributed by atoms with Crippen molar-refractivity contribution in [3.05, 3.63) is 17.5 Å². The maximum Gasteiger partial charge on any atom is 0.225 e. The van der Waals surface area contributed by atoms with Gasteiger partial charge in [-0.3, -0.25) is 0 Å². The summed E-state index contributed by atoms with van der Waals surface area (Å²) in [5.74, 6) is 2.08. The van der Waals surface area contributed by atoms with E-state index in [9.17, 15) is 0 Å². The number of hydrogen-bond acceptors (Lipinski definition) is 4. The van der Waals surface area contributed by atoms with Crippen molar-refractivity contribution >= 4 is 5.95 Å². The summed E-state index contributed by atoms with van der Waals surface area (Å²) in [6.45, 7) is 18.2. The van der Waals surface area contributed by atoms with E-state index in [1.165, 1.54) is 5.56 Å². The van der Waals surface area contributed by atoms with Crippen molar-refractivity contribution in [2.24, 2.45) is 11.8 Å². The van der Waals surface area contributed by atoms with Crippen LogP contribution in [0.2, 0.25) is 0 Å². The first-order chi connectivity index (χ1) is 9.79. The van der Waals surface area contributed by atoms with E-state index in [4.69, 9.17) is 4.98 Å². The zero-order chi connectivity index (χ0) is 16.0. The second-order valence-corrected chi connectivity index (χ2v) is 7.01. The molecule has 1 rings (SSSR count). The van der Waals surface area contributed by atoms with Crippen LogP contribution in [0.5, 0.6) is 0 Å². The molecule has 0 aliphatic carbocycles. The monoisotopic (exact) mass is 292 g/mol. The highest BCUT2D eigenvalue weighted by Gasteiger charge is 2.14. The Hall–Kier alpha value is -1.16. The zero-order valence-corrected chi connectivity index (χ0v) is 14.8. The molecule has 0 spiro atoms. The fraction of sp³-hybridized carbons (Fsp3) is 0.765. The van der Waals surface area contributed by atoms with Crippen molar-refractivity contribution < 1.29 is 0 Å². The van der Waals surface area contributed by atoms with E-state index in [0.717, 1.165) is 31.3 Å². The molecule has 0 amide bonds. The van der Waals surface area contributed by atoms with Crippen LogP contribution in [0.25, 0.3) is 0 Å². The lowest BCUT2D eigenvalue weighted by Gasteiger charge is -2.26. The Kier molecular flexibility index (Phi) is 7.09. The molecule has 0 fully saturated rings. The average Bonchev–Trinajstić information content (AvgIpc) is 2.35. The first-order valence-electron chi connectivity index (χ1n) is 8.10. The standard InChI is InChI=1S/C17H32N4/c1-12(2)10-21(11-13(3)4)17-19-9-16(15(7)20-17)8-18-14(5)6/h9,12-14,18H,8,10-11H2,1-7H3. The van der Waals surface area contributed by atoms with Crippen LogP contribution in [-0.4, -0.2) is 29.1 Å². The highest BCUT2D eigenvalue weighted by Crippen LogP contribution is 2.15. The molecule has 120 valence electrons. The predicted octanol–water partition coefficient (Wildman–Crippen LogP) is 3.40. The molecule has 0 aromatic carbocycles. The number of aromatic nitrogens is 2. The van der Waals surface area contributed by atoms with E-state index in [0.29, 0.717) is 17.9 Å². The molecule has 0 saturated carbocycles. The van der Waals surface area contributed by atoms with Crippen molar-refractivity contribution in [3.8, 4) is 0 Å². The quantitative estimate of drug-likeness (QED) is 0.797. The van der Waals surface area contributed by atoms with Crippen molar-refractivity contribution in [2.45, 2.75) is 61.1 Å². The van der Waals surface area contributed by atoms with Gasteiger partial charge in [0.05, 0.1) is 0 Å². The summed E-state index contributed by atoms with van der Waals surface area (Å²) in [7, 11) is 0. The van der Waals surface area contributed by atoms with Crippen LogP contribution in [-0.2, 0) is 6.54 Å². The van der Waals surface area contributed by atoms with Crippen molar-refractivity contribution in [1.29, 1.82) is 0 Å². The van der Waals surface area contributed by atoms with Crippen LogP contribution < -0.4 is 10.2 Å². The van der Waals surface area contributed by atoms with Gasteiger partial charge in [-0.25, -0.2) is 9.97 Å². The summed E-state index contributed by atoms with van der Waals surface area (Å²) in [5.41, 5.74) is 2.26. The molecule has 0 atom stereocenters. The first-order valence-corrected chi connectivity index (χ1v) is 8.10. The summed E-state index contributed by atoms with van der Waals surface area (Å²) in [6.07, 6.45) is 1.97. The van der Waals surface area contributed by atoms with Gasteiger partial charge < -0.3 is 10.2 Å². The average molecular weight is 292 g/mol. The minimum Gasteiger partial charge on any atom is -0.340 e. The van der Waals surface area contributed by atoms with Gasteiger partial charge in [0.1, 0.15) is 0 Å². The van der Waals surface area contributed by atoms with Crippen LogP contribution in [0.1, 0.15) is 52.8 Å². The maximum absolute atomic E-state index is 4.73. The SMILES string of the molecule is Cc1nc(N(CC(C)C)CC(C)C)ncc1CNC(C)C. The number of aryl methyl sites for hydroxylation is 1. The Labute approximate surface area is 130 Å².